The summed E-state index contributed by atoms with van der Waals surface area (Å²) in [6.07, 6.45) is 3.56. The van der Waals surface area contributed by atoms with Crippen molar-refractivity contribution in [2.24, 2.45) is 0 Å². The van der Waals surface area contributed by atoms with Crippen molar-refractivity contribution < 1.29 is 9.26 Å². The van der Waals surface area contributed by atoms with Crippen molar-refractivity contribution in [2.75, 3.05) is 13.7 Å². The van der Waals surface area contributed by atoms with Crippen molar-refractivity contribution >= 4 is 11.0 Å². The minimum atomic E-state index is -0.233. The average Bonchev–Trinajstić information content (AvgIpc) is 2.96. The van der Waals surface area contributed by atoms with Crippen molar-refractivity contribution in [3.05, 3.63) is 46.7 Å². The van der Waals surface area contributed by atoms with Gasteiger partial charge in [0.25, 0.3) is 5.56 Å². The van der Waals surface area contributed by atoms with E-state index in [2.05, 4.69) is 20.1 Å². The van der Waals surface area contributed by atoms with Gasteiger partial charge >= 0.3 is 0 Å². The number of nitrogens with zero attached hydrogens (tertiary/aromatic N) is 5. The number of hydrogen-bond acceptors (Lipinski definition) is 7. The van der Waals surface area contributed by atoms with Crippen LogP contribution in [0.1, 0.15) is 11.7 Å². The van der Waals surface area contributed by atoms with E-state index >= 15 is 0 Å². The molecule has 0 aliphatic rings. The molecule has 0 atom stereocenters. The van der Waals surface area contributed by atoms with Gasteiger partial charge in [-0.3, -0.25) is 9.36 Å². The Bertz CT molecular complexity index is 811. The van der Waals surface area contributed by atoms with Gasteiger partial charge in [0, 0.05) is 13.3 Å². The Morgan fingerprint density at radius 2 is 2.29 bits per heavy atom. The van der Waals surface area contributed by atoms with Crippen LogP contribution < -0.4 is 5.56 Å². The average molecular weight is 287 g/mol. The molecule has 0 aromatic carbocycles. The summed E-state index contributed by atoms with van der Waals surface area (Å²) >= 11 is 0. The van der Waals surface area contributed by atoms with Crippen molar-refractivity contribution in [2.45, 2.75) is 13.0 Å². The van der Waals surface area contributed by atoms with Crippen LogP contribution in [0.2, 0.25) is 0 Å². The Labute approximate surface area is 119 Å². The SMILES string of the molecule is COCCc1nc(Cn2cnc3cccnc3c2=O)no1. The van der Waals surface area contributed by atoms with Crippen molar-refractivity contribution in [1.82, 2.24) is 24.7 Å². The van der Waals surface area contributed by atoms with Gasteiger partial charge in [-0.15, -0.1) is 0 Å². The van der Waals surface area contributed by atoms with Crippen LogP contribution in [-0.4, -0.2) is 38.4 Å². The number of hydrogen-bond donors (Lipinski definition) is 0. The first-order valence-corrected chi connectivity index (χ1v) is 6.38. The zero-order valence-corrected chi connectivity index (χ0v) is 11.4. The molecule has 3 aromatic rings. The van der Waals surface area contributed by atoms with Crippen molar-refractivity contribution in [3.63, 3.8) is 0 Å². The monoisotopic (exact) mass is 287 g/mol. The van der Waals surface area contributed by atoms with E-state index in [1.807, 2.05) is 0 Å². The molecule has 0 saturated heterocycles. The van der Waals surface area contributed by atoms with Crippen LogP contribution in [0.4, 0.5) is 0 Å². The lowest BCUT2D eigenvalue weighted by Gasteiger charge is -2.02. The maximum atomic E-state index is 12.3. The van der Waals surface area contributed by atoms with E-state index in [0.29, 0.717) is 35.8 Å². The molecule has 0 aliphatic carbocycles. The molecule has 8 nitrogen and oxygen atoms in total. The molecule has 0 radical (unpaired) electrons. The molecule has 3 aromatic heterocycles. The molecule has 108 valence electrons. The van der Waals surface area contributed by atoms with Crippen LogP contribution in [0, 0.1) is 0 Å². The highest BCUT2D eigenvalue weighted by Crippen LogP contribution is 2.03. The molecule has 0 spiro atoms. The molecule has 0 bridgehead atoms. The second kappa shape index (κ2) is 5.80. The number of fused-ring (bicyclic) bond motifs is 1. The van der Waals surface area contributed by atoms with E-state index < -0.39 is 0 Å². The van der Waals surface area contributed by atoms with Crippen LogP contribution >= 0.6 is 0 Å². The second-order valence-electron chi connectivity index (χ2n) is 4.40. The van der Waals surface area contributed by atoms with E-state index in [4.69, 9.17) is 9.26 Å². The standard InChI is InChI=1S/C13H13N5O3/c1-20-6-4-11-16-10(17-21-11)7-18-8-15-9-3-2-5-14-12(9)13(18)19/h2-3,5,8H,4,6-7H2,1H3. The summed E-state index contributed by atoms with van der Waals surface area (Å²) in [6, 6.07) is 3.48. The Morgan fingerprint density at radius 1 is 1.38 bits per heavy atom. The van der Waals surface area contributed by atoms with E-state index in [1.165, 1.54) is 10.9 Å². The van der Waals surface area contributed by atoms with Gasteiger partial charge in [-0.1, -0.05) is 5.16 Å². The second-order valence-corrected chi connectivity index (χ2v) is 4.40. The predicted molar refractivity (Wildman–Crippen MR) is 72.8 cm³/mol. The summed E-state index contributed by atoms with van der Waals surface area (Å²) in [5.74, 6) is 0.895. The first-order valence-electron chi connectivity index (χ1n) is 6.38. The van der Waals surface area contributed by atoms with Gasteiger partial charge < -0.3 is 9.26 Å². The fourth-order valence-corrected chi connectivity index (χ4v) is 1.90. The lowest BCUT2D eigenvalue weighted by molar-refractivity contribution is 0.192. The van der Waals surface area contributed by atoms with E-state index in [0.717, 1.165) is 0 Å². The summed E-state index contributed by atoms with van der Waals surface area (Å²) in [6.45, 7) is 0.692. The highest BCUT2D eigenvalue weighted by atomic mass is 16.5. The lowest BCUT2D eigenvalue weighted by Crippen LogP contribution is -2.22. The zero-order chi connectivity index (χ0) is 14.7. The Balaban J connectivity index is 1.86. The minimum absolute atomic E-state index is 0.189. The van der Waals surface area contributed by atoms with Gasteiger partial charge in [0.1, 0.15) is 0 Å². The third kappa shape index (κ3) is 2.79. The Hall–Kier alpha value is -2.61. The van der Waals surface area contributed by atoms with Crippen LogP contribution in [0.5, 0.6) is 0 Å². The summed E-state index contributed by atoms with van der Waals surface area (Å²) in [5, 5.41) is 3.84. The normalized spacial score (nSPS) is 11.1. The minimum Gasteiger partial charge on any atom is -0.384 e. The third-order valence-electron chi connectivity index (χ3n) is 2.93. The largest absolute Gasteiger partial charge is 0.384 e. The molecule has 0 saturated carbocycles. The van der Waals surface area contributed by atoms with Gasteiger partial charge in [0.15, 0.2) is 11.3 Å². The van der Waals surface area contributed by atoms with E-state index in [-0.39, 0.29) is 12.1 Å². The molecule has 8 heteroatoms. The molecular weight excluding hydrogens is 274 g/mol. The van der Waals surface area contributed by atoms with Crippen LogP contribution in [0.15, 0.2) is 34.0 Å². The number of ether oxygens (including phenoxy) is 1. The molecule has 0 amide bonds. The number of aromatic nitrogens is 5. The highest BCUT2D eigenvalue weighted by Gasteiger charge is 2.10. The first-order chi connectivity index (χ1) is 10.3. The van der Waals surface area contributed by atoms with Crippen molar-refractivity contribution in [1.29, 1.82) is 0 Å². The van der Waals surface area contributed by atoms with E-state index in [9.17, 15) is 4.79 Å². The van der Waals surface area contributed by atoms with Gasteiger partial charge in [0.2, 0.25) is 5.89 Å². The zero-order valence-electron chi connectivity index (χ0n) is 11.4. The summed E-state index contributed by atoms with van der Waals surface area (Å²) in [5.41, 5.74) is 0.652. The molecule has 0 aliphatic heterocycles. The molecule has 0 fully saturated rings. The number of methoxy groups -OCH3 is 1. The number of pyridine rings is 1. The molecule has 0 unspecified atom stereocenters. The predicted octanol–water partition coefficient (Wildman–Crippen LogP) is 0.412. The number of rotatable bonds is 5. The van der Waals surface area contributed by atoms with Gasteiger partial charge in [-0.25, -0.2) is 9.97 Å². The van der Waals surface area contributed by atoms with Gasteiger partial charge in [-0.2, -0.15) is 4.98 Å². The summed E-state index contributed by atoms with van der Waals surface area (Å²) < 4.78 is 11.4. The Kier molecular flexibility index (Phi) is 3.69. The van der Waals surface area contributed by atoms with Gasteiger partial charge in [-0.05, 0) is 12.1 Å². The Morgan fingerprint density at radius 3 is 3.14 bits per heavy atom. The summed E-state index contributed by atoms with van der Waals surface area (Å²) in [4.78, 5) is 24.7. The molecule has 3 heterocycles. The fourth-order valence-electron chi connectivity index (χ4n) is 1.90. The molecule has 3 rings (SSSR count). The maximum absolute atomic E-state index is 12.3. The third-order valence-corrected chi connectivity index (χ3v) is 2.93. The fraction of sp³-hybridized carbons (Fsp3) is 0.308. The quantitative estimate of drug-likeness (QED) is 0.670. The topological polar surface area (TPSA) is 95.9 Å². The summed E-state index contributed by atoms with van der Waals surface area (Å²) in [7, 11) is 1.60. The van der Waals surface area contributed by atoms with Gasteiger partial charge in [0.05, 0.1) is 31.4 Å². The molecular formula is C13H13N5O3. The van der Waals surface area contributed by atoms with Crippen LogP contribution in [-0.2, 0) is 17.7 Å². The highest BCUT2D eigenvalue weighted by molar-refractivity contribution is 5.71. The smallest absolute Gasteiger partial charge is 0.280 e. The molecule has 21 heavy (non-hydrogen) atoms. The maximum Gasteiger partial charge on any atom is 0.280 e. The van der Waals surface area contributed by atoms with Crippen LogP contribution in [0.25, 0.3) is 11.0 Å². The van der Waals surface area contributed by atoms with Crippen LogP contribution in [0.3, 0.4) is 0 Å². The van der Waals surface area contributed by atoms with E-state index in [1.54, 1.807) is 25.4 Å². The first kappa shape index (κ1) is 13.4. The lowest BCUT2D eigenvalue weighted by atomic mass is 10.3. The van der Waals surface area contributed by atoms with Crippen molar-refractivity contribution in [3.8, 4) is 0 Å². The molecule has 0 N–H and O–H groups in total.